The predicted molar refractivity (Wildman–Crippen MR) is 118 cm³/mol. The largest absolute Gasteiger partial charge is 0.493 e. The highest BCUT2D eigenvalue weighted by Crippen LogP contribution is 2.41. The van der Waals surface area contributed by atoms with Crippen LogP contribution < -0.4 is 9.47 Å². The van der Waals surface area contributed by atoms with E-state index in [2.05, 4.69) is 0 Å². The molecule has 146 valence electrons. The van der Waals surface area contributed by atoms with Crippen LogP contribution in [0.2, 0.25) is 10.0 Å². The van der Waals surface area contributed by atoms with E-state index in [1.54, 1.807) is 19.2 Å². The Bertz CT molecular complexity index is 1120. The molecular formula is C23H16Cl2O3S. The van der Waals surface area contributed by atoms with Crippen molar-refractivity contribution in [3.05, 3.63) is 92.3 Å². The quantitative estimate of drug-likeness (QED) is 0.402. The molecule has 4 rings (SSSR count). The summed E-state index contributed by atoms with van der Waals surface area (Å²) in [4.78, 5) is 14.2. The molecule has 1 aliphatic rings. The lowest BCUT2D eigenvalue weighted by Crippen LogP contribution is -1.99. The van der Waals surface area contributed by atoms with Crippen molar-refractivity contribution in [2.75, 3.05) is 7.11 Å². The monoisotopic (exact) mass is 442 g/mol. The van der Waals surface area contributed by atoms with Gasteiger partial charge in [0.05, 0.1) is 12.0 Å². The highest BCUT2D eigenvalue weighted by atomic mass is 35.5. The molecule has 0 radical (unpaired) electrons. The third kappa shape index (κ3) is 4.30. The molecule has 0 amide bonds. The number of halogens is 2. The Morgan fingerprint density at radius 3 is 2.59 bits per heavy atom. The molecule has 0 atom stereocenters. The Kier molecular flexibility index (Phi) is 5.86. The molecule has 0 aliphatic carbocycles. The maximum atomic E-state index is 12.6. The zero-order chi connectivity index (χ0) is 20.4. The number of hydrogen-bond acceptors (Lipinski definition) is 4. The Morgan fingerprint density at radius 1 is 1.00 bits per heavy atom. The molecule has 0 aromatic heterocycles. The topological polar surface area (TPSA) is 35.5 Å². The first-order chi connectivity index (χ1) is 14.0. The van der Waals surface area contributed by atoms with Crippen molar-refractivity contribution in [1.29, 1.82) is 0 Å². The van der Waals surface area contributed by atoms with Gasteiger partial charge < -0.3 is 9.47 Å². The lowest BCUT2D eigenvalue weighted by Gasteiger charge is -2.12. The van der Waals surface area contributed by atoms with Crippen molar-refractivity contribution >= 4 is 46.8 Å². The number of Topliss-reactive ketones (excluding diaryl/α,β-unsaturated/α-hetero) is 1. The number of fused-ring (bicyclic) bond motifs is 1. The summed E-state index contributed by atoms with van der Waals surface area (Å²) in [7, 11) is 1.58. The maximum Gasteiger partial charge on any atom is 0.200 e. The molecule has 1 aliphatic heterocycles. The maximum absolute atomic E-state index is 12.6. The molecule has 0 fully saturated rings. The van der Waals surface area contributed by atoms with Gasteiger partial charge in [0.15, 0.2) is 11.5 Å². The van der Waals surface area contributed by atoms with Gasteiger partial charge in [-0.3, -0.25) is 4.79 Å². The summed E-state index contributed by atoms with van der Waals surface area (Å²) in [5.41, 5.74) is 2.44. The van der Waals surface area contributed by atoms with Gasteiger partial charge >= 0.3 is 0 Å². The second kappa shape index (κ2) is 8.54. The first-order valence-corrected chi connectivity index (χ1v) is 10.4. The van der Waals surface area contributed by atoms with Crippen LogP contribution in [-0.2, 0) is 6.61 Å². The molecular weight excluding hydrogens is 427 g/mol. The van der Waals surface area contributed by atoms with E-state index >= 15 is 0 Å². The summed E-state index contributed by atoms with van der Waals surface area (Å²) >= 11 is 13.6. The normalized spacial score (nSPS) is 14.2. The number of ether oxygens (including phenoxy) is 2. The Hall–Kier alpha value is -2.40. The molecule has 0 N–H and O–H groups in total. The minimum atomic E-state index is 0.0438. The molecule has 3 aromatic carbocycles. The molecule has 3 nitrogen and oxygen atoms in total. The fourth-order valence-electron chi connectivity index (χ4n) is 2.97. The van der Waals surface area contributed by atoms with Gasteiger partial charge in [-0.25, -0.2) is 0 Å². The fourth-order valence-corrected chi connectivity index (χ4v) is 4.49. The third-order valence-corrected chi connectivity index (χ3v) is 6.15. The van der Waals surface area contributed by atoms with E-state index in [-0.39, 0.29) is 12.4 Å². The minimum absolute atomic E-state index is 0.0438. The fraction of sp³-hybridized carbons (Fsp3) is 0.0870. The van der Waals surface area contributed by atoms with E-state index in [1.807, 2.05) is 54.6 Å². The minimum Gasteiger partial charge on any atom is -0.493 e. The molecule has 0 unspecified atom stereocenters. The zero-order valence-electron chi connectivity index (χ0n) is 15.4. The first kappa shape index (κ1) is 19.9. The van der Waals surface area contributed by atoms with Crippen molar-refractivity contribution in [1.82, 2.24) is 0 Å². The van der Waals surface area contributed by atoms with Crippen molar-refractivity contribution < 1.29 is 14.3 Å². The van der Waals surface area contributed by atoms with Gasteiger partial charge in [0.1, 0.15) is 6.61 Å². The van der Waals surface area contributed by atoms with Gasteiger partial charge in [-0.2, -0.15) is 0 Å². The van der Waals surface area contributed by atoms with Crippen LogP contribution in [0.4, 0.5) is 0 Å². The number of ketones is 1. The van der Waals surface area contributed by atoms with Crippen LogP contribution in [0.25, 0.3) is 6.08 Å². The van der Waals surface area contributed by atoms with Crippen LogP contribution in [0.1, 0.15) is 21.5 Å². The van der Waals surface area contributed by atoms with Gasteiger partial charge in [0.25, 0.3) is 0 Å². The van der Waals surface area contributed by atoms with E-state index in [9.17, 15) is 4.79 Å². The number of hydrogen-bond donors (Lipinski definition) is 0. The smallest absolute Gasteiger partial charge is 0.200 e. The van der Waals surface area contributed by atoms with Gasteiger partial charge in [0.2, 0.25) is 5.78 Å². The van der Waals surface area contributed by atoms with Crippen LogP contribution >= 0.6 is 35.0 Å². The van der Waals surface area contributed by atoms with Crippen LogP contribution in [0, 0.1) is 0 Å². The number of allylic oxidation sites excluding steroid dienone is 1. The lowest BCUT2D eigenvalue weighted by molar-refractivity contribution is 0.104. The van der Waals surface area contributed by atoms with Crippen LogP contribution in [0.3, 0.4) is 0 Å². The molecule has 0 bridgehead atoms. The van der Waals surface area contributed by atoms with E-state index in [0.29, 0.717) is 26.4 Å². The van der Waals surface area contributed by atoms with Gasteiger partial charge in [-0.05, 0) is 48.0 Å². The van der Waals surface area contributed by atoms with E-state index < -0.39 is 0 Å². The van der Waals surface area contributed by atoms with E-state index in [4.69, 9.17) is 32.7 Å². The summed E-state index contributed by atoms with van der Waals surface area (Å²) in [6.07, 6.45) is 1.87. The second-order valence-electron chi connectivity index (χ2n) is 6.37. The number of methoxy groups -OCH3 is 1. The summed E-state index contributed by atoms with van der Waals surface area (Å²) in [6.45, 7) is 0.288. The van der Waals surface area contributed by atoms with Crippen molar-refractivity contribution in [2.45, 2.75) is 11.5 Å². The Balaban J connectivity index is 1.54. The molecule has 0 spiro atoms. The number of carbonyl (C=O) groups is 1. The van der Waals surface area contributed by atoms with Gasteiger partial charge in [0, 0.05) is 26.1 Å². The van der Waals surface area contributed by atoms with Crippen molar-refractivity contribution in [3.63, 3.8) is 0 Å². The van der Waals surface area contributed by atoms with Gasteiger partial charge in [-0.15, -0.1) is 0 Å². The Morgan fingerprint density at radius 2 is 1.83 bits per heavy atom. The van der Waals surface area contributed by atoms with E-state index in [1.165, 1.54) is 11.8 Å². The van der Waals surface area contributed by atoms with Crippen molar-refractivity contribution in [2.24, 2.45) is 0 Å². The SMILES string of the molecule is COc1cc(/C=C2\Sc3ccccc3C2=O)ccc1OCc1ccc(Cl)cc1Cl. The zero-order valence-corrected chi connectivity index (χ0v) is 17.8. The molecule has 3 aromatic rings. The summed E-state index contributed by atoms with van der Waals surface area (Å²) < 4.78 is 11.4. The second-order valence-corrected chi connectivity index (χ2v) is 8.30. The van der Waals surface area contributed by atoms with Crippen molar-refractivity contribution in [3.8, 4) is 11.5 Å². The third-order valence-electron chi connectivity index (χ3n) is 4.46. The summed E-state index contributed by atoms with van der Waals surface area (Å²) in [5.74, 6) is 1.22. The van der Waals surface area contributed by atoms with Crippen LogP contribution in [0.5, 0.6) is 11.5 Å². The molecule has 1 heterocycles. The summed E-state index contributed by atoms with van der Waals surface area (Å²) in [5, 5.41) is 1.13. The number of rotatable bonds is 5. The molecule has 0 saturated heterocycles. The standard InChI is InChI=1S/C23H16Cl2O3S/c1-27-20-10-14(11-22-23(26)17-4-2-3-5-21(17)29-22)6-9-19(20)28-13-15-7-8-16(24)12-18(15)25/h2-12H,13H2,1H3/b22-11-. The van der Waals surface area contributed by atoms with Crippen LogP contribution in [-0.4, -0.2) is 12.9 Å². The van der Waals surface area contributed by atoms with Gasteiger partial charge in [-0.1, -0.05) is 59.2 Å². The number of thioether (sulfide) groups is 1. The molecule has 0 saturated carbocycles. The lowest BCUT2D eigenvalue weighted by atomic mass is 10.1. The summed E-state index contributed by atoms with van der Waals surface area (Å²) in [6, 6.07) is 18.5. The average Bonchev–Trinajstić information content (AvgIpc) is 3.03. The van der Waals surface area contributed by atoms with E-state index in [0.717, 1.165) is 21.6 Å². The van der Waals surface area contributed by atoms with Crippen LogP contribution in [0.15, 0.2) is 70.5 Å². The highest BCUT2D eigenvalue weighted by molar-refractivity contribution is 8.04. The number of carbonyl (C=O) groups excluding carboxylic acids is 1. The molecule has 29 heavy (non-hydrogen) atoms. The number of benzene rings is 3. The first-order valence-electron chi connectivity index (χ1n) is 8.83. The molecule has 6 heteroatoms. The highest BCUT2D eigenvalue weighted by Gasteiger charge is 2.25. The average molecular weight is 443 g/mol. The Labute approximate surface area is 183 Å². The predicted octanol–water partition coefficient (Wildman–Crippen LogP) is 6.91.